The quantitative estimate of drug-likeness (QED) is 0.786. The second-order valence-corrected chi connectivity index (χ2v) is 6.29. The number of benzene rings is 1. The van der Waals surface area contributed by atoms with Crippen molar-refractivity contribution in [3.63, 3.8) is 0 Å². The molecule has 2 N–H and O–H groups in total. The summed E-state index contributed by atoms with van der Waals surface area (Å²) in [5.74, 6) is 0.600. The molecule has 1 fully saturated rings. The second kappa shape index (κ2) is 8.52. The summed E-state index contributed by atoms with van der Waals surface area (Å²) in [5.41, 5.74) is 2.12. The monoisotopic (exact) mass is 331 g/mol. The topological polar surface area (TPSA) is 75.6 Å². The van der Waals surface area contributed by atoms with Gasteiger partial charge in [0.2, 0.25) is 5.91 Å². The van der Waals surface area contributed by atoms with Crippen LogP contribution in [0.3, 0.4) is 0 Å². The van der Waals surface area contributed by atoms with Crippen molar-refractivity contribution in [2.45, 2.75) is 51.5 Å². The molecule has 0 radical (unpaired) electrons. The Morgan fingerprint density at radius 1 is 1.33 bits per heavy atom. The van der Waals surface area contributed by atoms with Crippen LogP contribution in [0.4, 0.5) is 0 Å². The van der Waals surface area contributed by atoms with Crippen LogP contribution in [0.15, 0.2) is 29.8 Å². The Labute approximate surface area is 142 Å². The summed E-state index contributed by atoms with van der Waals surface area (Å²) in [6.45, 7) is 1.60. The Bertz CT molecular complexity index is 626. The lowest BCUT2D eigenvalue weighted by atomic mass is 9.90. The van der Waals surface area contributed by atoms with Crippen molar-refractivity contribution in [1.82, 2.24) is 5.32 Å². The molecule has 0 bridgehead atoms. The third-order valence-corrected chi connectivity index (χ3v) is 4.28. The lowest BCUT2D eigenvalue weighted by molar-refractivity contribution is -0.121. The zero-order valence-electron chi connectivity index (χ0n) is 14.3. The van der Waals surface area contributed by atoms with Gasteiger partial charge in [0, 0.05) is 12.5 Å². The fourth-order valence-electron chi connectivity index (χ4n) is 2.92. The molecule has 0 heterocycles. The van der Waals surface area contributed by atoms with Crippen LogP contribution in [0.1, 0.15) is 44.6 Å². The molecular formula is C19H25NO4. The van der Waals surface area contributed by atoms with Gasteiger partial charge in [-0.25, -0.2) is 0 Å². The summed E-state index contributed by atoms with van der Waals surface area (Å²) in [5, 5.41) is 12.6. The van der Waals surface area contributed by atoms with Crippen LogP contribution < -0.4 is 10.1 Å². The summed E-state index contributed by atoms with van der Waals surface area (Å²) in [4.78, 5) is 23.2. The average Bonchev–Trinajstić information content (AvgIpc) is 2.56. The van der Waals surface area contributed by atoms with Crippen molar-refractivity contribution in [2.75, 3.05) is 7.11 Å². The molecule has 5 heteroatoms. The SMILES string of the molecule is COc1cc(CC(=O)NC2CCC(=CCC(C)=O)CC2)ccc1O. The van der Waals surface area contributed by atoms with Crippen molar-refractivity contribution in [1.29, 1.82) is 0 Å². The smallest absolute Gasteiger partial charge is 0.224 e. The van der Waals surface area contributed by atoms with Crippen LogP contribution in [0, 0.1) is 0 Å². The molecule has 1 aliphatic rings. The maximum absolute atomic E-state index is 12.2. The highest BCUT2D eigenvalue weighted by Crippen LogP contribution is 2.27. The summed E-state index contributed by atoms with van der Waals surface area (Å²) < 4.78 is 5.06. The predicted octanol–water partition coefficient (Wildman–Crippen LogP) is 2.91. The zero-order valence-corrected chi connectivity index (χ0v) is 14.3. The van der Waals surface area contributed by atoms with Gasteiger partial charge in [0.1, 0.15) is 5.78 Å². The van der Waals surface area contributed by atoms with Gasteiger partial charge in [-0.1, -0.05) is 17.7 Å². The van der Waals surface area contributed by atoms with Gasteiger partial charge in [0.15, 0.2) is 11.5 Å². The molecule has 24 heavy (non-hydrogen) atoms. The van der Waals surface area contributed by atoms with E-state index in [4.69, 9.17) is 4.74 Å². The predicted molar refractivity (Wildman–Crippen MR) is 92.1 cm³/mol. The van der Waals surface area contributed by atoms with Crippen LogP contribution in [0.2, 0.25) is 0 Å². The van der Waals surface area contributed by atoms with Gasteiger partial charge in [-0.15, -0.1) is 0 Å². The Morgan fingerprint density at radius 2 is 2.04 bits per heavy atom. The van der Waals surface area contributed by atoms with Gasteiger partial charge >= 0.3 is 0 Å². The molecule has 1 aromatic carbocycles. The number of ether oxygens (including phenoxy) is 1. The Morgan fingerprint density at radius 3 is 2.67 bits per heavy atom. The third kappa shape index (κ3) is 5.41. The van der Waals surface area contributed by atoms with E-state index in [1.165, 1.54) is 18.7 Å². The van der Waals surface area contributed by atoms with Crippen LogP contribution in [0.5, 0.6) is 11.5 Å². The molecule has 0 saturated heterocycles. The van der Waals surface area contributed by atoms with Crippen molar-refractivity contribution < 1.29 is 19.4 Å². The first-order chi connectivity index (χ1) is 11.5. The van der Waals surface area contributed by atoms with Crippen molar-refractivity contribution in [2.24, 2.45) is 0 Å². The van der Waals surface area contributed by atoms with E-state index in [-0.39, 0.29) is 29.9 Å². The number of phenolic OH excluding ortho intramolecular Hbond substituents is 1. The largest absolute Gasteiger partial charge is 0.504 e. The molecule has 0 atom stereocenters. The number of allylic oxidation sites excluding steroid dienone is 2. The highest BCUT2D eigenvalue weighted by molar-refractivity contribution is 5.79. The van der Waals surface area contributed by atoms with Gasteiger partial charge in [-0.05, 0) is 50.3 Å². The van der Waals surface area contributed by atoms with Crippen LogP contribution in [-0.4, -0.2) is 29.9 Å². The molecule has 1 aliphatic carbocycles. The molecule has 130 valence electrons. The number of aromatic hydroxyl groups is 1. The number of carbonyl (C=O) groups excluding carboxylic acids is 2. The number of hydrogen-bond donors (Lipinski definition) is 2. The minimum Gasteiger partial charge on any atom is -0.504 e. The number of rotatable bonds is 6. The molecule has 2 rings (SSSR count). The minimum atomic E-state index is -0.0242. The third-order valence-electron chi connectivity index (χ3n) is 4.28. The highest BCUT2D eigenvalue weighted by Gasteiger charge is 2.18. The van der Waals surface area contributed by atoms with Crippen LogP contribution in [0.25, 0.3) is 0 Å². The van der Waals surface area contributed by atoms with Crippen molar-refractivity contribution in [3.8, 4) is 11.5 Å². The molecule has 0 spiro atoms. The molecule has 5 nitrogen and oxygen atoms in total. The number of nitrogens with one attached hydrogen (secondary N) is 1. The van der Waals surface area contributed by atoms with Gasteiger partial charge in [0.05, 0.1) is 13.5 Å². The maximum Gasteiger partial charge on any atom is 0.224 e. The minimum absolute atomic E-state index is 0.0242. The average molecular weight is 331 g/mol. The van der Waals surface area contributed by atoms with E-state index in [0.29, 0.717) is 12.2 Å². The fraction of sp³-hybridized carbons (Fsp3) is 0.474. The van der Waals surface area contributed by atoms with Gasteiger partial charge in [-0.3, -0.25) is 9.59 Å². The zero-order chi connectivity index (χ0) is 17.5. The lowest BCUT2D eigenvalue weighted by Crippen LogP contribution is -2.37. The lowest BCUT2D eigenvalue weighted by Gasteiger charge is -2.25. The molecule has 1 saturated carbocycles. The number of methoxy groups -OCH3 is 1. The molecule has 0 unspecified atom stereocenters. The van der Waals surface area contributed by atoms with Gasteiger partial charge in [-0.2, -0.15) is 0 Å². The number of phenols is 1. The first-order valence-corrected chi connectivity index (χ1v) is 8.30. The van der Waals surface area contributed by atoms with Crippen molar-refractivity contribution in [3.05, 3.63) is 35.4 Å². The summed E-state index contributed by atoms with van der Waals surface area (Å²) >= 11 is 0. The highest BCUT2D eigenvalue weighted by atomic mass is 16.5. The van der Waals surface area contributed by atoms with E-state index in [2.05, 4.69) is 5.32 Å². The molecule has 1 amide bonds. The number of hydrogen-bond acceptors (Lipinski definition) is 4. The summed E-state index contributed by atoms with van der Waals surface area (Å²) in [7, 11) is 1.48. The summed E-state index contributed by atoms with van der Waals surface area (Å²) in [6.07, 6.45) is 6.50. The standard InChI is InChI=1S/C19H25NO4/c1-13(21)3-4-14-5-8-16(9-6-14)20-19(23)12-15-7-10-17(22)18(11-15)24-2/h4,7,10-11,16,22H,3,5-6,8-9,12H2,1-2H3,(H,20,23). The summed E-state index contributed by atoms with van der Waals surface area (Å²) in [6, 6.07) is 5.12. The maximum atomic E-state index is 12.2. The molecule has 0 aliphatic heterocycles. The molecular weight excluding hydrogens is 306 g/mol. The van der Waals surface area contributed by atoms with Crippen LogP contribution >= 0.6 is 0 Å². The number of Topliss-reactive ketones (excluding diaryl/α,β-unsaturated/α-hetero) is 1. The second-order valence-electron chi connectivity index (χ2n) is 6.29. The van der Waals surface area contributed by atoms with Crippen LogP contribution in [-0.2, 0) is 16.0 Å². The first kappa shape index (κ1) is 18.0. The van der Waals surface area contributed by atoms with Crippen molar-refractivity contribution >= 4 is 11.7 Å². The van der Waals surface area contributed by atoms with E-state index >= 15 is 0 Å². The van der Waals surface area contributed by atoms with E-state index in [9.17, 15) is 14.7 Å². The van der Waals surface area contributed by atoms with E-state index in [1.807, 2.05) is 6.08 Å². The number of carbonyl (C=O) groups is 2. The van der Waals surface area contributed by atoms with E-state index < -0.39 is 0 Å². The Kier molecular flexibility index (Phi) is 6.41. The van der Waals surface area contributed by atoms with Gasteiger partial charge in [0.25, 0.3) is 0 Å². The Hall–Kier alpha value is -2.30. The number of ketones is 1. The van der Waals surface area contributed by atoms with E-state index in [1.54, 1.807) is 19.1 Å². The molecule has 0 aromatic heterocycles. The fourth-order valence-corrected chi connectivity index (χ4v) is 2.92. The molecule has 1 aromatic rings. The normalized spacial score (nSPS) is 17.2. The Balaban J connectivity index is 1.81. The first-order valence-electron chi connectivity index (χ1n) is 8.30. The van der Waals surface area contributed by atoms with E-state index in [0.717, 1.165) is 31.2 Å². The number of amides is 1. The van der Waals surface area contributed by atoms with Gasteiger partial charge < -0.3 is 15.2 Å².